The largest absolute Gasteiger partial charge is 0.356 e. The van der Waals surface area contributed by atoms with Gasteiger partial charge < -0.3 is 15.1 Å². The van der Waals surface area contributed by atoms with Crippen molar-refractivity contribution in [1.82, 2.24) is 19.5 Å². The SMILES string of the molecule is O=C1CCN(S(=O)(=O)c2ccccc2)CCCC(C(=O)N2CCN(c3ccccn3)CC2)CCN1. The predicted octanol–water partition coefficient (Wildman–Crippen LogP) is 1.73. The summed E-state index contributed by atoms with van der Waals surface area (Å²) in [6.45, 7) is 3.48. The topological polar surface area (TPSA) is 103 Å². The van der Waals surface area contributed by atoms with Gasteiger partial charge in [0.2, 0.25) is 21.8 Å². The van der Waals surface area contributed by atoms with Gasteiger partial charge in [-0.3, -0.25) is 9.59 Å². The number of anilines is 1. The molecule has 0 aliphatic carbocycles. The molecule has 3 heterocycles. The minimum absolute atomic E-state index is 0.0802. The Morgan fingerprint density at radius 2 is 1.66 bits per heavy atom. The fraction of sp³-hybridized carbons (Fsp3) is 0.480. The van der Waals surface area contributed by atoms with Crippen molar-refractivity contribution in [2.24, 2.45) is 5.92 Å². The number of carbonyl (C=O) groups excluding carboxylic acids is 2. The molecule has 0 radical (unpaired) electrons. The standard InChI is InChI=1S/C25H33N5O4S/c31-24-12-16-30(35(33,34)22-8-2-1-3-9-22)15-6-7-21(11-14-27-24)25(32)29-19-17-28(18-20-29)23-10-4-5-13-26-23/h1-5,8-10,13,21H,6-7,11-12,14-20H2,(H,27,31). The van der Waals surface area contributed by atoms with E-state index in [1.807, 2.05) is 23.1 Å². The van der Waals surface area contributed by atoms with Crippen LogP contribution in [0.1, 0.15) is 25.7 Å². The molecule has 1 aromatic carbocycles. The summed E-state index contributed by atoms with van der Waals surface area (Å²) in [5.74, 6) is 0.542. The third kappa shape index (κ3) is 6.37. The monoisotopic (exact) mass is 499 g/mol. The van der Waals surface area contributed by atoms with Crippen LogP contribution >= 0.6 is 0 Å². The van der Waals surface area contributed by atoms with Crippen LogP contribution in [-0.2, 0) is 19.6 Å². The van der Waals surface area contributed by atoms with Gasteiger partial charge in [-0.1, -0.05) is 24.3 Å². The van der Waals surface area contributed by atoms with Crippen LogP contribution in [0.5, 0.6) is 0 Å². The van der Waals surface area contributed by atoms with Gasteiger partial charge in [-0.25, -0.2) is 13.4 Å². The van der Waals surface area contributed by atoms with Crippen LogP contribution in [0.2, 0.25) is 0 Å². The molecule has 2 aromatic rings. The minimum atomic E-state index is -3.71. The molecular formula is C25H33N5O4S. The number of benzene rings is 1. The van der Waals surface area contributed by atoms with E-state index >= 15 is 0 Å². The number of piperazine rings is 1. The molecule has 4 rings (SSSR count). The van der Waals surface area contributed by atoms with Crippen LogP contribution in [0.3, 0.4) is 0 Å². The molecule has 1 N–H and O–H groups in total. The number of nitrogens with zero attached hydrogens (tertiary/aromatic N) is 4. The second kappa shape index (κ2) is 11.6. The molecule has 0 saturated carbocycles. The summed E-state index contributed by atoms with van der Waals surface area (Å²) < 4.78 is 27.7. The zero-order valence-corrected chi connectivity index (χ0v) is 20.7. The maximum absolute atomic E-state index is 13.4. The Labute approximate surface area is 207 Å². The van der Waals surface area contributed by atoms with Crippen LogP contribution in [0.4, 0.5) is 5.82 Å². The second-order valence-corrected chi connectivity index (χ2v) is 10.9. The maximum Gasteiger partial charge on any atom is 0.243 e. The number of rotatable bonds is 4. The fourth-order valence-corrected chi connectivity index (χ4v) is 6.15. The predicted molar refractivity (Wildman–Crippen MR) is 133 cm³/mol. The summed E-state index contributed by atoms with van der Waals surface area (Å²) in [4.78, 5) is 34.4. The highest BCUT2D eigenvalue weighted by molar-refractivity contribution is 7.89. The van der Waals surface area contributed by atoms with Crippen molar-refractivity contribution in [2.45, 2.75) is 30.6 Å². The van der Waals surface area contributed by atoms with Crippen molar-refractivity contribution in [2.75, 3.05) is 50.7 Å². The number of aromatic nitrogens is 1. The molecule has 2 saturated heterocycles. The summed E-state index contributed by atoms with van der Waals surface area (Å²) in [7, 11) is -3.71. The number of pyridine rings is 1. The first kappa shape index (κ1) is 25.1. The average molecular weight is 500 g/mol. The van der Waals surface area contributed by atoms with Gasteiger partial charge in [0.25, 0.3) is 0 Å². The van der Waals surface area contributed by atoms with E-state index in [1.165, 1.54) is 4.31 Å². The number of carbonyl (C=O) groups is 2. The van der Waals surface area contributed by atoms with Crippen molar-refractivity contribution in [3.8, 4) is 0 Å². The smallest absolute Gasteiger partial charge is 0.243 e. The van der Waals surface area contributed by atoms with Gasteiger partial charge >= 0.3 is 0 Å². The Bertz CT molecular complexity index is 1090. The van der Waals surface area contributed by atoms with Gasteiger partial charge in [0, 0.05) is 64.3 Å². The first-order valence-corrected chi connectivity index (χ1v) is 13.7. The Hall–Kier alpha value is -2.98. The lowest BCUT2D eigenvalue weighted by molar-refractivity contribution is -0.136. The molecule has 2 aliphatic rings. The highest BCUT2D eigenvalue weighted by atomic mass is 32.2. The van der Waals surface area contributed by atoms with Gasteiger partial charge in [-0.05, 0) is 43.5 Å². The third-order valence-corrected chi connectivity index (χ3v) is 8.57. The van der Waals surface area contributed by atoms with E-state index in [0.29, 0.717) is 38.9 Å². The van der Waals surface area contributed by atoms with Crippen LogP contribution < -0.4 is 10.2 Å². The number of nitrogens with one attached hydrogen (secondary N) is 1. The van der Waals surface area contributed by atoms with Crippen molar-refractivity contribution in [1.29, 1.82) is 0 Å². The molecule has 1 atom stereocenters. The first-order chi connectivity index (χ1) is 16.9. The van der Waals surface area contributed by atoms with Gasteiger partial charge in [-0.2, -0.15) is 4.31 Å². The molecule has 9 nitrogen and oxygen atoms in total. The number of hydrogen-bond acceptors (Lipinski definition) is 6. The number of sulfonamides is 1. The Morgan fingerprint density at radius 3 is 2.37 bits per heavy atom. The van der Waals surface area contributed by atoms with Gasteiger partial charge in [0.1, 0.15) is 5.82 Å². The van der Waals surface area contributed by atoms with Gasteiger partial charge in [-0.15, -0.1) is 0 Å². The van der Waals surface area contributed by atoms with Crippen LogP contribution in [0.25, 0.3) is 0 Å². The number of hydrogen-bond donors (Lipinski definition) is 1. The normalized spacial score (nSPS) is 21.1. The van der Waals surface area contributed by atoms with Gasteiger partial charge in [0.15, 0.2) is 0 Å². The van der Waals surface area contributed by atoms with Gasteiger partial charge in [0.05, 0.1) is 4.90 Å². The maximum atomic E-state index is 13.4. The molecule has 0 bridgehead atoms. The van der Waals surface area contributed by atoms with E-state index in [4.69, 9.17) is 0 Å². The van der Waals surface area contributed by atoms with E-state index in [9.17, 15) is 18.0 Å². The zero-order valence-electron chi connectivity index (χ0n) is 19.9. The van der Waals surface area contributed by atoms with E-state index < -0.39 is 10.0 Å². The van der Waals surface area contributed by atoms with E-state index in [0.717, 1.165) is 18.9 Å². The molecule has 10 heteroatoms. The first-order valence-electron chi connectivity index (χ1n) is 12.2. The summed E-state index contributed by atoms with van der Waals surface area (Å²) in [6, 6.07) is 14.1. The summed E-state index contributed by atoms with van der Waals surface area (Å²) in [5, 5.41) is 2.86. The van der Waals surface area contributed by atoms with Crippen LogP contribution in [-0.4, -0.2) is 80.2 Å². The lowest BCUT2D eigenvalue weighted by atomic mass is 9.97. The third-order valence-electron chi connectivity index (χ3n) is 6.66. The number of amides is 2. The highest BCUT2D eigenvalue weighted by Gasteiger charge is 2.30. The molecule has 2 amide bonds. The Kier molecular flexibility index (Phi) is 8.35. The van der Waals surface area contributed by atoms with Crippen molar-refractivity contribution in [3.63, 3.8) is 0 Å². The molecule has 1 unspecified atom stereocenters. The molecule has 188 valence electrons. The molecule has 0 spiro atoms. The summed E-state index contributed by atoms with van der Waals surface area (Å²) >= 11 is 0. The van der Waals surface area contributed by atoms with Crippen LogP contribution in [0.15, 0.2) is 59.6 Å². The Morgan fingerprint density at radius 1 is 0.914 bits per heavy atom. The summed E-state index contributed by atoms with van der Waals surface area (Å²) in [5.41, 5.74) is 0. The minimum Gasteiger partial charge on any atom is -0.356 e. The van der Waals surface area contributed by atoms with Crippen molar-refractivity contribution in [3.05, 3.63) is 54.7 Å². The Balaban J connectivity index is 1.39. The summed E-state index contributed by atoms with van der Waals surface area (Å²) in [6.07, 6.45) is 3.56. The molecular weight excluding hydrogens is 466 g/mol. The molecule has 2 aliphatic heterocycles. The molecule has 2 fully saturated rings. The van der Waals surface area contributed by atoms with E-state index in [-0.39, 0.29) is 42.1 Å². The fourth-order valence-electron chi connectivity index (χ4n) is 4.65. The zero-order chi connectivity index (χ0) is 24.7. The average Bonchev–Trinajstić information content (AvgIpc) is 2.94. The van der Waals surface area contributed by atoms with Crippen molar-refractivity contribution >= 4 is 27.7 Å². The second-order valence-electron chi connectivity index (χ2n) is 8.95. The lowest BCUT2D eigenvalue weighted by Gasteiger charge is -2.37. The molecule has 35 heavy (non-hydrogen) atoms. The van der Waals surface area contributed by atoms with Crippen molar-refractivity contribution < 1.29 is 18.0 Å². The highest BCUT2D eigenvalue weighted by Crippen LogP contribution is 2.22. The lowest BCUT2D eigenvalue weighted by Crippen LogP contribution is -2.51. The quantitative estimate of drug-likeness (QED) is 0.687. The van der Waals surface area contributed by atoms with E-state index in [2.05, 4.69) is 15.2 Å². The van der Waals surface area contributed by atoms with Crippen LogP contribution in [0, 0.1) is 5.92 Å². The van der Waals surface area contributed by atoms with E-state index in [1.54, 1.807) is 36.5 Å². The molecule has 1 aromatic heterocycles.